The van der Waals surface area contributed by atoms with Crippen LogP contribution >= 0.6 is 15.9 Å². The SMILES string of the molecule is CNC(C)c1cc(Br)ccc1N(CC(F)(F)F)C(C)C. The molecule has 0 aliphatic rings. The van der Waals surface area contributed by atoms with E-state index in [0.29, 0.717) is 5.69 Å². The number of rotatable bonds is 5. The molecule has 0 aliphatic carbocycles. The molecule has 0 amide bonds. The first kappa shape index (κ1) is 17.3. The summed E-state index contributed by atoms with van der Waals surface area (Å²) in [7, 11) is 1.79. The first-order valence-corrected chi connectivity index (χ1v) is 7.25. The van der Waals surface area contributed by atoms with Crippen LogP contribution in [0.2, 0.25) is 0 Å². The molecule has 0 bridgehead atoms. The average Bonchev–Trinajstić information content (AvgIpc) is 2.34. The highest BCUT2D eigenvalue weighted by molar-refractivity contribution is 9.10. The van der Waals surface area contributed by atoms with Crippen LogP contribution in [-0.2, 0) is 0 Å². The third kappa shape index (κ3) is 4.66. The minimum atomic E-state index is -4.22. The highest BCUT2D eigenvalue weighted by Gasteiger charge is 2.33. The maximum atomic E-state index is 12.8. The molecule has 1 aromatic rings. The minimum absolute atomic E-state index is 0.0306. The number of nitrogens with zero attached hydrogens (tertiary/aromatic N) is 1. The number of hydrogen-bond donors (Lipinski definition) is 1. The molecule has 1 rings (SSSR count). The summed E-state index contributed by atoms with van der Waals surface area (Å²) in [6, 6.07) is 5.10. The second-order valence-corrected chi connectivity index (χ2v) is 5.97. The van der Waals surface area contributed by atoms with Crippen molar-refractivity contribution in [3.63, 3.8) is 0 Å². The van der Waals surface area contributed by atoms with Crippen molar-refractivity contribution in [2.45, 2.75) is 39.0 Å². The van der Waals surface area contributed by atoms with Crippen molar-refractivity contribution in [2.24, 2.45) is 0 Å². The number of nitrogens with one attached hydrogen (secondary N) is 1. The van der Waals surface area contributed by atoms with Crippen molar-refractivity contribution >= 4 is 21.6 Å². The zero-order valence-corrected chi connectivity index (χ0v) is 13.6. The smallest absolute Gasteiger partial charge is 0.360 e. The first-order valence-electron chi connectivity index (χ1n) is 6.45. The summed E-state index contributed by atoms with van der Waals surface area (Å²) in [6.07, 6.45) is -4.22. The Morgan fingerprint density at radius 1 is 1.25 bits per heavy atom. The van der Waals surface area contributed by atoms with Crippen molar-refractivity contribution in [3.05, 3.63) is 28.2 Å². The van der Waals surface area contributed by atoms with Crippen LogP contribution in [0, 0.1) is 0 Å². The van der Waals surface area contributed by atoms with Gasteiger partial charge < -0.3 is 10.2 Å². The molecule has 114 valence electrons. The highest BCUT2D eigenvalue weighted by Crippen LogP contribution is 2.32. The fourth-order valence-electron chi connectivity index (χ4n) is 2.03. The maximum absolute atomic E-state index is 12.8. The second kappa shape index (κ2) is 6.80. The van der Waals surface area contributed by atoms with Gasteiger partial charge in [-0.3, -0.25) is 0 Å². The van der Waals surface area contributed by atoms with Gasteiger partial charge in [0.2, 0.25) is 0 Å². The van der Waals surface area contributed by atoms with Crippen LogP contribution < -0.4 is 10.2 Å². The van der Waals surface area contributed by atoms with E-state index in [1.54, 1.807) is 33.0 Å². The molecule has 0 fully saturated rings. The normalized spacial score (nSPS) is 13.7. The molecule has 0 aromatic heterocycles. The van der Waals surface area contributed by atoms with Gasteiger partial charge in [-0.2, -0.15) is 13.2 Å². The molecular formula is C14H20BrF3N2. The zero-order chi connectivity index (χ0) is 15.5. The molecule has 6 heteroatoms. The van der Waals surface area contributed by atoms with E-state index in [1.165, 1.54) is 4.90 Å². The van der Waals surface area contributed by atoms with Gasteiger partial charge in [0.1, 0.15) is 6.54 Å². The molecule has 20 heavy (non-hydrogen) atoms. The fraction of sp³-hybridized carbons (Fsp3) is 0.571. The lowest BCUT2D eigenvalue weighted by Gasteiger charge is -2.33. The van der Waals surface area contributed by atoms with Crippen molar-refractivity contribution in [1.29, 1.82) is 0 Å². The second-order valence-electron chi connectivity index (χ2n) is 5.05. The van der Waals surface area contributed by atoms with Gasteiger partial charge in [0, 0.05) is 22.2 Å². The van der Waals surface area contributed by atoms with E-state index < -0.39 is 12.7 Å². The zero-order valence-electron chi connectivity index (χ0n) is 12.1. The Morgan fingerprint density at radius 3 is 2.30 bits per heavy atom. The average molecular weight is 353 g/mol. The van der Waals surface area contributed by atoms with Gasteiger partial charge in [-0.25, -0.2) is 0 Å². The lowest BCUT2D eigenvalue weighted by molar-refractivity contribution is -0.120. The van der Waals surface area contributed by atoms with Crippen molar-refractivity contribution in [2.75, 3.05) is 18.5 Å². The summed E-state index contributed by atoms with van der Waals surface area (Å²) in [5.41, 5.74) is 1.46. The summed E-state index contributed by atoms with van der Waals surface area (Å²) in [4.78, 5) is 1.38. The van der Waals surface area contributed by atoms with Gasteiger partial charge in [0.05, 0.1) is 0 Å². The van der Waals surface area contributed by atoms with Crippen LogP contribution in [0.5, 0.6) is 0 Å². The highest BCUT2D eigenvalue weighted by atomic mass is 79.9. The Hall–Kier alpha value is -0.750. The van der Waals surface area contributed by atoms with Crippen LogP contribution in [0.25, 0.3) is 0 Å². The van der Waals surface area contributed by atoms with Crippen LogP contribution in [0.3, 0.4) is 0 Å². The van der Waals surface area contributed by atoms with E-state index in [2.05, 4.69) is 21.2 Å². The molecule has 1 N–H and O–H groups in total. The van der Waals surface area contributed by atoms with Crippen molar-refractivity contribution < 1.29 is 13.2 Å². The van der Waals surface area contributed by atoms with E-state index >= 15 is 0 Å². The molecule has 2 nitrogen and oxygen atoms in total. The predicted octanol–water partition coefficient (Wildman–Crippen LogP) is 4.51. The molecule has 0 aliphatic heterocycles. The van der Waals surface area contributed by atoms with Gasteiger partial charge in [-0.05, 0) is 51.6 Å². The van der Waals surface area contributed by atoms with E-state index in [4.69, 9.17) is 0 Å². The Labute approximate surface area is 126 Å². The minimum Gasteiger partial charge on any atom is -0.360 e. The summed E-state index contributed by atoms with van der Waals surface area (Å²) in [5.74, 6) is 0. The van der Waals surface area contributed by atoms with Crippen LogP contribution in [0.4, 0.5) is 18.9 Å². The fourth-order valence-corrected chi connectivity index (χ4v) is 2.41. The molecule has 1 atom stereocenters. The number of halogens is 4. The molecule has 0 radical (unpaired) electrons. The first-order chi connectivity index (χ1) is 9.15. The van der Waals surface area contributed by atoms with E-state index in [0.717, 1.165) is 10.0 Å². The Kier molecular flexibility index (Phi) is 5.89. The number of alkyl halides is 3. The van der Waals surface area contributed by atoms with E-state index in [-0.39, 0.29) is 12.1 Å². The number of benzene rings is 1. The van der Waals surface area contributed by atoms with Gasteiger partial charge in [-0.15, -0.1) is 0 Å². The monoisotopic (exact) mass is 352 g/mol. The predicted molar refractivity (Wildman–Crippen MR) is 80.2 cm³/mol. The van der Waals surface area contributed by atoms with Crippen LogP contribution in [0.15, 0.2) is 22.7 Å². The third-order valence-electron chi connectivity index (χ3n) is 3.17. The van der Waals surface area contributed by atoms with E-state index in [1.807, 2.05) is 13.0 Å². The third-order valence-corrected chi connectivity index (χ3v) is 3.66. The topological polar surface area (TPSA) is 15.3 Å². The molecule has 0 spiro atoms. The molecule has 1 unspecified atom stereocenters. The number of hydrogen-bond acceptors (Lipinski definition) is 2. The van der Waals surface area contributed by atoms with Crippen LogP contribution in [0.1, 0.15) is 32.4 Å². The van der Waals surface area contributed by atoms with Gasteiger partial charge >= 0.3 is 6.18 Å². The molecule has 0 saturated heterocycles. The summed E-state index contributed by atoms with van der Waals surface area (Å²) in [6.45, 7) is 4.51. The maximum Gasteiger partial charge on any atom is 0.405 e. The Morgan fingerprint density at radius 2 is 1.85 bits per heavy atom. The quantitative estimate of drug-likeness (QED) is 0.838. The van der Waals surface area contributed by atoms with Gasteiger partial charge in [-0.1, -0.05) is 15.9 Å². The molecule has 0 heterocycles. The standard InChI is InChI=1S/C14H20BrF3N2/c1-9(2)20(8-14(16,17)18)13-6-5-11(15)7-12(13)10(3)19-4/h5-7,9-10,19H,8H2,1-4H3. The van der Waals surface area contributed by atoms with Crippen molar-refractivity contribution in [1.82, 2.24) is 5.32 Å². The Balaban J connectivity index is 3.25. The summed E-state index contributed by atoms with van der Waals surface area (Å²) < 4.78 is 39.2. The lowest BCUT2D eigenvalue weighted by atomic mass is 10.0. The van der Waals surface area contributed by atoms with Crippen LogP contribution in [-0.4, -0.2) is 25.8 Å². The molecule has 1 aromatic carbocycles. The summed E-state index contributed by atoms with van der Waals surface area (Å²) >= 11 is 3.37. The van der Waals surface area contributed by atoms with Crippen molar-refractivity contribution in [3.8, 4) is 0 Å². The molecule has 0 saturated carbocycles. The lowest BCUT2D eigenvalue weighted by Crippen LogP contribution is -2.40. The molecular weight excluding hydrogens is 333 g/mol. The Bertz CT molecular complexity index is 447. The van der Waals surface area contributed by atoms with Gasteiger partial charge in [0.15, 0.2) is 0 Å². The van der Waals surface area contributed by atoms with E-state index in [9.17, 15) is 13.2 Å². The van der Waals surface area contributed by atoms with Gasteiger partial charge in [0.25, 0.3) is 0 Å². The largest absolute Gasteiger partial charge is 0.405 e. The number of anilines is 1. The summed E-state index contributed by atoms with van der Waals surface area (Å²) in [5, 5.41) is 3.08.